The van der Waals surface area contributed by atoms with E-state index >= 15 is 0 Å². The van der Waals surface area contributed by atoms with E-state index in [1.807, 2.05) is 0 Å². The maximum absolute atomic E-state index is 10.8. The van der Waals surface area contributed by atoms with Gasteiger partial charge in [-0.3, -0.25) is 4.79 Å². The van der Waals surface area contributed by atoms with Crippen LogP contribution in [0.25, 0.3) is 0 Å². The van der Waals surface area contributed by atoms with Gasteiger partial charge in [-0.15, -0.1) is 0 Å². The van der Waals surface area contributed by atoms with Gasteiger partial charge in [-0.25, -0.2) is 0 Å². The Labute approximate surface area is 75.4 Å². The molecule has 0 bridgehead atoms. The van der Waals surface area contributed by atoms with Crippen LogP contribution < -0.4 is 0 Å². The van der Waals surface area contributed by atoms with Gasteiger partial charge < -0.3 is 25.2 Å². The minimum Gasteiger partial charge on any atom is -0.435 e. The minimum atomic E-state index is -1.48. The molecule has 0 amide bonds. The molecule has 0 spiro atoms. The van der Waals surface area contributed by atoms with E-state index in [1.54, 1.807) is 0 Å². The maximum atomic E-state index is 10.8. The first-order valence-corrected chi connectivity index (χ1v) is 3.74. The van der Waals surface area contributed by atoms with Crippen LogP contribution in [0.4, 0.5) is 0 Å². The summed E-state index contributed by atoms with van der Waals surface area (Å²) in [6, 6.07) is 0. The van der Waals surface area contributed by atoms with Gasteiger partial charge in [0.25, 0.3) is 0 Å². The number of hydrogen-bond acceptors (Lipinski definition) is 5. The Kier molecular flexibility index (Phi) is 5.76. The van der Waals surface area contributed by atoms with E-state index in [-0.39, 0.29) is 0 Å². The van der Waals surface area contributed by atoms with Gasteiger partial charge in [0.15, 0.2) is 6.10 Å². The van der Waals surface area contributed by atoms with E-state index in [4.69, 9.17) is 15.3 Å². The van der Waals surface area contributed by atoms with E-state index in [9.17, 15) is 9.90 Å². The van der Waals surface area contributed by atoms with Crippen molar-refractivity contribution in [2.75, 3.05) is 20.3 Å². The molecule has 78 valence electrons. The third-order valence-electron chi connectivity index (χ3n) is 1.71. The van der Waals surface area contributed by atoms with Crippen molar-refractivity contribution in [3.8, 4) is 0 Å². The number of carbonyl (C=O) groups excluding carboxylic acids is 1. The molecule has 0 aliphatic carbocycles. The van der Waals surface area contributed by atoms with Crippen molar-refractivity contribution in [1.82, 2.24) is 0 Å². The summed E-state index contributed by atoms with van der Waals surface area (Å²) < 4.78 is 4.62. The molecular weight excluding hydrogens is 180 g/mol. The molecule has 3 atom stereocenters. The predicted molar refractivity (Wildman–Crippen MR) is 43.4 cm³/mol. The highest BCUT2D eigenvalue weighted by atomic mass is 16.5. The number of ether oxygens (including phenoxy) is 1. The van der Waals surface area contributed by atoms with E-state index in [2.05, 4.69) is 4.74 Å². The Bertz CT molecular complexity index is 155. The predicted octanol–water partition coefficient (Wildman–Crippen LogP) is -2.99. The second-order valence-electron chi connectivity index (χ2n) is 2.55. The first-order chi connectivity index (χ1) is 6.08. The number of hydrogen-bond donors (Lipinski definition) is 3. The monoisotopic (exact) mass is 195 g/mol. The average molecular weight is 195 g/mol. The number of ketones is 1. The number of aliphatic hydroxyl groups excluding tert-OH is 3. The van der Waals surface area contributed by atoms with E-state index in [0.29, 0.717) is 0 Å². The summed E-state index contributed by atoms with van der Waals surface area (Å²) in [5.74, 6) is -0.803. The molecule has 0 radical (unpaired) electrons. The molecule has 3 unspecified atom stereocenters. The number of Topliss-reactive ketones (excluding diaryl/α,β-unsaturated/α-hetero) is 1. The Morgan fingerprint density at radius 1 is 1.54 bits per heavy atom. The van der Waals surface area contributed by atoms with Crippen LogP contribution >= 0.6 is 0 Å². The molecule has 0 aromatic carbocycles. The zero-order valence-electron chi connectivity index (χ0n) is 7.30. The summed E-state index contributed by atoms with van der Waals surface area (Å²) in [6.07, 6.45) is -3.88. The van der Waals surface area contributed by atoms with Crippen molar-refractivity contribution < 1.29 is 30.0 Å². The van der Waals surface area contributed by atoms with Crippen molar-refractivity contribution in [3.05, 3.63) is 0 Å². The van der Waals surface area contributed by atoms with Gasteiger partial charge in [-0.1, -0.05) is 0 Å². The van der Waals surface area contributed by atoms with Crippen LogP contribution in [0.15, 0.2) is 0 Å². The fourth-order valence-corrected chi connectivity index (χ4v) is 0.825. The van der Waals surface area contributed by atoms with Crippen LogP contribution in [0, 0.1) is 0 Å². The Morgan fingerprint density at radius 3 is 2.38 bits per heavy atom. The van der Waals surface area contributed by atoms with Crippen molar-refractivity contribution in [2.24, 2.45) is 0 Å². The molecule has 0 heterocycles. The summed E-state index contributed by atoms with van der Waals surface area (Å²) in [5, 5.41) is 33.5. The van der Waals surface area contributed by atoms with Crippen molar-refractivity contribution in [1.29, 1.82) is 0 Å². The van der Waals surface area contributed by atoms with Gasteiger partial charge >= 0.3 is 0 Å². The zero-order valence-corrected chi connectivity index (χ0v) is 7.30. The highest BCUT2D eigenvalue weighted by Crippen LogP contribution is 2.04. The smallest absolute Gasteiger partial charge is 0.244 e. The van der Waals surface area contributed by atoms with Crippen LogP contribution in [0.3, 0.4) is 0 Å². The normalized spacial score (nSPS) is 17.9. The van der Waals surface area contributed by atoms with Crippen LogP contribution in [-0.4, -0.2) is 64.8 Å². The van der Waals surface area contributed by atoms with Crippen LogP contribution in [0.5, 0.6) is 0 Å². The van der Waals surface area contributed by atoms with Crippen LogP contribution in [0.1, 0.15) is 0 Å². The summed E-state index contributed by atoms with van der Waals surface area (Å²) in [4.78, 5) is 10.8. The van der Waals surface area contributed by atoms with Crippen molar-refractivity contribution in [2.45, 2.75) is 18.3 Å². The Hall–Kier alpha value is -0.530. The fourth-order valence-electron chi connectivity index (χ4n) is 0.825. The first-order valence-electron chi connectivity index (χ1n) is 3.74. The SMILES string of the molecule is COC(CO)C(O)C([OH2+])C(=O)CO. The lowest BCUT2D eigenvalue weighted by Gasteiger charge is -2.19. The fraction of sp³-hybridized carbons (Fsp3) is 0.857. The molecule has 0 saturated heterocycles. The van der Waals surface area contributed by atoms with E-state index in [1.165, 1.54) is 7.11 Å². The molecule has 0 aliphatic rings. The number of carbonyl (C=O) groups is 1. The molecule has 0 aromatic rings. The van der Waals surface area contributed by atoms with Gasteiger partial charge in [0.1, 0.15) is 12.7 Å². The Morgan fingerprint density at radius 2 is 2.08 bits per heavy atom. The third kappa shape index (κ3) is 3.37. The topological polar surface area (TPSA) is 110 Å². The largest absolute Gasteiger partial charge is 0.435 e. The number of aliphatic hydroxyl groups is 3. The third-order valence-corrected chi connectivity index (χ3v) is 1.71. The van der Waals surface area contributed by atoms with E-state index < -0.39 is 37.3 Å². The summed E-state index contributed by atoms with van der Waals surface area (Å²) >= 11 is 0. The minimum absolute atomic E-state index is 0.480. The van der Waals surface area contributed by atoms with Gasteiger partial charge in [0.2, 0.25) is 11.9 Å². The molecule has 0 fully saturated rings. The van der Waals surface area contributed by atoms with Crippen molar-refractivity contribution >= 4 is 5.78 Å². The Balaban J connectivity index is 4.21. The zero-order chi connectivity index (χ0) is 10.4. The molecule has 6 nitrogen and oxygen atoms in total. The van der Waals surface area contributed by atoms with E-state index in [0.717, 1.165) is 0 Å². The summed E-state index contributed by atoms with van der Waals surface area (Å²) in [5.41, 5.74) is 0. The van der Waals surface area contributed by atoms with Gasteiger partial charge in [-0.05, 0) is 0 Å². The maximum Gasteiger partial charge on any atom is 0.244 e. The lowest BCUT2D eigenvalue weighted by molar-refractivity contribution is -0.144. The molecule has 5 N–H and O–H groups in total. The molecule has 0 saturated carbocycles. The standard InChI is InChI=1S/C7H14O6/c1-13-5(3-9)7(12)6(11)4(10)2-8/h5-9,11-12H,2-3H2,1H3/p+1. The molecular formula is C7H15O6+. The molecule has 0 rings (SSSR count). The molecule has 6 heteroatoms. The second-order valence-corrected chi connectivity index (χ2v) is 2.55. The molecule has 0 aliphatic heterocycles. The molecule has 13 heavy (non-hydrogen) atoms. The number of methoxy groups -OCH3 is 1. The first kappa shape index (κ1) is 12.5. The van der Waals surface area contributed by atoms with Crippen LogP contribution in [0.2, 0.25) is 0 Å². The summed E-state index contributed by atoms with van der Waals surface area (Å²) in [7, 11) is 1.25. The average Bonchev–Trinajstić information content (AvgIpc) is 2.17. The lowest BCUT2D eigenvalue weighted by atomic mass is 10.1. The van der Waals surface area contributed by atoms with Gasteiger partial charge in [0.05, 0.1) is 6.61 Å². The lowest BCUT2D eigenvalue weighted by Crippen LogP contribution is -2.45. The highest BCUT2D eigenvalue weighted by Gasteiger charge is 2.34. The van der Waals surface area contributed by atoms with Gasteiger partial charge in [0, 0.05) is 7.11 Å². The highest BCUT2D eigenvalue weighted by molar-refractivity contribution is 5.84. The van der Waals surface area contributed by atoms with Gasteiger partial charge in [-0.2, -0.15) is 0 Å². The second kappa shape index (κ2) is 6.01. The molecule has 0 aromatic heterocycles. The summed E-state index contributed by atoms with van der Waals surface area (Å²) in [6.45, 7) is -1.28. The van der Waals surface area contributed by atoms with Crippen LogP contribution in [-0.2, 0) is 9.53 Å². The van der Waals surface area contributed by atoms with Crippen molar-refractivity contribution in [3.63, 3.8) is 0 Å². The quantitative estimate of drug-likeness (QED) is 0.391. The number of rotatable bonds is 6.